The maximum Gasteiger partial charge on any atom is 0.183 e. The van der Waals surface area contributed by atoms with Crippen LogP contribution in [0.3, 0.4) is 0 Å². The molecule has 0 radical (unpaired) electrons. The summed E-state index contributed by atoms with van der Waals surface area (Å²) < 4.78 is 5.30. The highest BCUT2D eigenvalue weighted by Crippen LogP contribution is 2.04. The van der Waals surface area contributed by atoms with Gasteiger partial charge in [0.15, 0.2) is 5.90 Å². The van der Waals surface area contributed by atoms with Crippen molar-refractivity contribution >= 4 is 5.90 Å². The molecule has 1 aliphatic heterocycles. The summed E-state index contributed by atoms with van der Waals surface area (Å²) in [6.07, 6.45) is 3.32. The van der Waals surface area contributed by atoms with Gasteiger partial charge in [-0.15, -0.1) is 0 Å². The molecule has 0 fully saturated rings. The van der Waals surface area contributed by atoms with E-state index in [0.29, 0.717) is 0 Å². The van der Waals surface area contributed by atoms with Crippen LogP contribution in [0.15, 0.2) is 4.99 Å². The van der Waals surface area contributed by atoms with E-state index in [2.05, 4.69) is 11.9 Å². The Hall–Kier alpha value is -0.530. The van der Waals surface area contributed by atoms with E-state index in [0.717, 1.165) is 31.9 Å². The van der Waals surface area contributed by atoms with E-state index < -0.39 is 0 Å². The van der Waals surface area contributed by atoms with E-state index in [1.54, 1.807) is 0 Å². The molecular weight excluding hydrogens is 114 g/mol. The zero-order valence-electron chi connectivity index (χ0n) is 5.89. The summed E-state index contributed by atoms with van der Waals surface area (Å²) in [7, 11) is 0. The fourth-order valence-electron chi connectivity index (χ4n) is 0.851. The van der Waals surface area contributed by atoms with Crippen LogP contribution in [0, 0.1) is 0 Å². The Morgan fingerprint density at radius 3 is 3.11 bits per heavy atom. The summed E-state index contributed by atoms with van der Waals surface area (Å²) in [6.45, 7) is 3.91. The third-order valence-electron chi connectivity index (χ3n) is 1.31. The van der Waals surface area contributed by atoms with Gasteiger partial charge in [0.25, 0.3) is 0 Å². The predicted molar refractivity (Wildman–Crippen MR) is 37.8 cm³/mol. The van der Waals surface area contributed by atoms with Gasteiger partial charge in [0.05, 0.1) is 6.61 Å². The highest BCUT2D eigenvalue weighted by Gasteiger charge is 2.05. The van der Waals surface area contributed by atoms with Gasteiger partial charge in [0, 0.05) is 13.0 Å². The first kappa shape index (κ1) is 6.59. The lowest BCUT2D eigenvalue weighted by atomic mass is 10.4. The van der Waals surface area contributed by atoms with Crippen LogP contribution >= 0.6 is 0 Å². The van der Waals surface area contributed by atoms with Crippen molar-refractivity contribution in [1.82, 2.24) is 0 Å². The number of hydrogen-bond donors (Lipinski definition) is 0. The summed E-state index contributed by atoms with van der Waals surface area (Å²) in [5.74, 6) is 0.969. The normalized spacial score (nSPS) is 17.7. The first-order chi connectivity index (χ1) is 4.43. The number of nitrogens with zero attached hydrogens (tertiary/aromatic N) is 1. The molecule has 1 heterocycles. The highest BCUT2D eigenvalue weighted by atomic mass is 16.5. The van der Waals surface area contributed by atoms with Gasteiger partial charge in [0.2, 0.25) is 0 Å². The molecule has 2 nitrogen and oxygen atoms in total. The van der Waals surface area contributed by atoms with Crippen molar-refractivity contribution in [1.29, 1.82) is 0 Å². The van der Waals surface area contributed by atoms with Crippen molar-refractivity contribution in [3.05, 3.63) is 0 Å². The third-order valence-corrected chi connectivity index (χ3v) is 1.31. The van der Waals surface area contributed by atoms with Crippen LogP contribution in [0.25, 0.3) is 0 Å². The predicted octanol–water partition coefficient (Wildman–Crippen LogP) is 1.61. The average molecular weight is 127 g/mol. The molecule has 0 amide bonds. The Morgan fingerprint density at radius 2 is 2.56 bits per heavy atom. The first-order valence-corrected chi connectivity index (χ1v) is 3.59. The molecule has 0 unspecified atom stereocenters. The van der Waals surface area contributed by atoms with Gasteiger partial charge in [-0.3, -0.25) is 4.99 Å². The Morgan fingerprint density at radius 1 is 1.67 bits per heavy atom. The second-order valence-electron chi connectivity index (χ2n) is 2.23. The number of ether oxygens (including phenoxy) is 1. The van der Waals surface area contributed by atoms with E-state index in [-0.39, 0.29) is 0 Å². The molecule has 0 spiro atoms. The Bertz CT molecular complexity index is 109. The molecule has 0 saturated carbocycles. The smallest absolute Gasteiger partial charge is 0.183 e. The van der Waals surface area contributed by atoms with Crippen LogP contribution in [-0.4, -0.2) is 19.0 Å². The van der Waals surface area contributed by atoms with E-state index >= 15 is 0 Å². The van der Waals surface area contributed by atoms with E-state index in [4.69, 9.17) is 4.74 Å². The summed E-state index contributed by atoms with van der Waals surface area (Å²) in [5.41, 5.74) is 0. The summed E-state index contributed by atoms with van der Waals surface area (Å²) in [4.78, 5) is 4.17. The minimum absolute atomic E-state index is 0.832. The lowest BCUT2D eigenvalue weighted by Crippen LogP contribution is -2.00. The molecule has 52 valence electrons. The second-order valence-corrected chi connectivity index (χ2v) is 2.23. The Labute approximate surface area is 55.9 Å². The molecule has 0 atom stereocenters. The third kappa shape index (κ3) is 2.04. The molecule has 0 saturated heterocycles. The SMILES string of the molecule is CCCOC1=NCCC1. The van der Waals surface area contributed by atoms with Crippen LogP contribution in [0.4, 0.5) is 0 Å². The van der Waals surface area contributed by atoms with Crippen LogP contribution in [0.1, 0.15) is 26.2 Å². The van der Waals surface area contributed by atoms with Gasteiger partial charge in [-0.2, -0.15) is 0 Å². The fourth-order valence-corrected chi connectivity index (χ4v) is 0.851. The average Bonchev–Trinajstić information content (AvgIpc) is 2.34. The largest absolute Gasteiger partial charge is 0.481 e. The van der Waals surface area contributed by atoms with Crippen molar-refractivity contribution in [3.63, 3.8) is 0 Å². The van der Waals surface area contributed by atoms with Gasteiger partial charge in [0.1, 0.15) is 0 Å². The van der Waals surface area contributed by atoms with E-state index in [9.17, 15) is 0 Å². The molecule has 0 N–H and O–H groups in total. The van der Waals surface area contributed by atoms with Crippen LogP contribution in [0.2, 0.25) is 0 Å². The van der Waals surface area contributed by atoms with Gasteiger partial charge in [-0.05, 0) is 12.8 Å². The van der Waals surface area contributed by atoms with Crippen molar-refractivity contribution in [2.75, 3.05) is 13.2 Å². The molecule has 0 aromatic rings. The Kier molecular flexibility index (Phi) is 2.55. The zero-order chi connectivity index (χ0) is 6.53. The molecule has 2 heteroatoms. The summed E-state index contributed by atoms with van der Waals surface area (Å²) >= 11 is 0. The maximum absolute atomic E-state index is 5.30. The van der Waals surface area contributed by atoms with Gasteiger partial charge in [-0.1, -0.05) is 6.92 Å². The standard InChI is InChI=1S/C7H13NO/c1-2-6-9-7-4-3-5-8-7/h2-6H2,1H3. The molecular formula is C7H13NO. The molecule has 0 aromatic heterocycles. The molecule has 0 aliphatic carbocycles. The number of hydrogen-bond acceptors (Lipinski definition) is 2. The summed E-state index contributed by atoms with van der Waals surface area (Å²) in [6, 6.07) is 0. The van der Waals surface area contributed by atoms with Crippen LogP contribution in [0.5, 0.6) is 0 Å². The molecule has 0 bridgehead atoms. The molecule has 9 heavy (non-hydrogen) atoms. The highest BCUT2D eigenvalue weighted by molar-refractivity contribution is 5.77. The van der Waals surface area contributed by atoms with Crippen molar-refractivity contribution < 1.29 is 4.74 Å². The van der Waals surface area contributed by atoms with E-state index in [1.807, 2.05) is 0 Å². The van der Waals surface area contributed by atoms with Gasteiger partial charge in [-0.25, -0.2) is 0 Å². The van der Waals surface area contributed by atoms with Gasteiger partial charge < -0.3 is 4.74 Å². The van der Waals surface area contributed by atoms with Crippen molar-refractivity contribution in [2.45, 2.75) is 26.2 Å². The number of rotatable bonds is 2. The topological polar surface area (TPSA) is 21.6 Å². The summed E-state index contributed by atoms with van der Waals surface area (Å²) in [5, 5.41) is 0. The minimum Gasteiger partial charge on any atom is -0.481 e. The molecule has 0 aromatic carbocycles. The minimum atomic E-state index is 0.832. The van der Waals surface area contributed by atoms with Crippen LogP contribution < -0.4 is 0 Å². The zero-order valence-corrected chi connectivity index (χ0v) is 5.89. The van der Waals surface area contributed by atoms with Crippen LogP contribution in [-0.2, 0) is 4.74 Å². The van der Waals surface area contributed by atoms with Crippen molar-refractivity contribution in [2.24, 2.45) is 4.99 Å². The fraction of sp³-hybridized carbons (Fsp3) is 0.857. The first-order valence-electron chi connectivity index (χ1n) is 3.59. The van der Waals surface area contributed by atoms with Gasteiger partial charge >= 0.3 is 0 Å². The second kappa shape index (κ2) is 3.49. The Balaban J connectivity index is 2.11. The lowest BCUT2D eigenvalue weighted by Gasteiger charge is -2.00. The monoisotopic (exact) mass is 127 g/mol. The number of aliphatic imine (C=N–C) groups is 1. The molecule has 1 rings (SSSR count). The lowest BCUT2D eigenvalue weighted by molar-refractivity contribution is 0.298. The van der Waals surface area contributed by atoms with Crippen molar-refractivity contribution in [3.8, 4) is 0 Å². The quantitative estimate of drug-likeness (QED) is 0.552. The van der Waals surface area contributed by atoms with E-state index in [1.165, 1.54) is 6.42 Å². The molecule has 1 aliphatic rings. The maximum atomic E-state index is 5.30.